The van der Waals surface area contributed by atoms with E-state index in [1.165, 1.54) is 6.42 Å². The van der Waals surface area contributed by atoms with Crippen molar-refractivity contribution in [3.63, 3.8) is 0 Å². The number of hydrogen-bond donors (Lipinski definition) is 1. The number of carbonyl (C=O) groups is 1. The second kappa shape index (κ2) is 5.39. The molecule has 4 rings (SSSR count). The first-order valence-electron chi connectivity index (χ1n) is 7.92. The van der Waals surface area contributed by atoms with Gasteiger partial charge in [0.05, 0.1) is 24.8 Å². The molecular weight excluding hydrogens is 282 g/mol. The number of hydrogen-bond acceptors (Lipinski definition) is 6. The van der Waals surface area contributed by atoms with E-state index in [0.717, 1.165) is 37.6 Å². The van der Waals surface area contributed by atoms with Gasteiger partial charge in [0.1, 0.15) is 18.0 Å². The molecule has 1 amide bonds. The molecule has 3 aliphatic rings. The minimum Gasteiger partial charge on any atom is -0.373 e. The van der Waals surface area contributed by atoms with E-state index in [0.29, 0.717) is 24.8 Å². The first-order chi connectivity index (χ1) is 10.7. The van der Waals surface area contributed by atoms with E-state index in [1.54, 1.807) is 11.2 Å². The number of nitrogens with zero attached hydrogens (tertiary/aromatic N) is 4. The van der Waals surface area contributed by atoms with Crippen molar-refractivity contribution in [3.8, 4) is 0 Å². The number of carbonyl (C=O) groups excluding carboxylic acids is 1. The molecular formula is C15H21N5O2. The van der Waals surface area contributed by atoms with Crippen molar-refractivity contribution in [1.29, 1.82) is 0 Å². The van der Waals surface area contributed by atoms with Gasteiger partial charge in [0.15, 0.2) is 0 Å². The third-order valence-electron chi connectivity index (χ3n) is 4.87. The molecule has 3 aliphatic heterocycles. The summed E-state index contributed by atoms with van der Waals surface area (Å²) in [7, 11) is 1.84. The van der Waals surface area contributed by atoms with Crippen LogP contribution >= 0.6 is 0 Å². The Bertz CT molecular complexity index is 581. The number of aromatic nitrogens is 2. The van der Waals surface area contributed by atoms with Gasteiger partial charge in [-0.15, -0.1) is 0 Å². The predicted octanol–water partition coefficient (Wildman–Crippen LogP) is 0.487. The van der Waals surface area contributed by atoms with Crippen molar-refractivity contribution >= 4 is 17.5 Å². The van der Waals surface area contributed by atoms with Crippen LogP contribution in [0.4, 0.5) is 11.6 Å². The van der Waals surface area contributed by atoms with Crippen molar-refractivity contribution in [2.75, 3.05) is 36.9 Å². The lowest BCUT2D eigenvalue weighted by Gasteiger charge is -2.32. The Hall–Kier alpha value is -1.89. The molecule has 7 heteroatoms. The highest BCUT2D eigenvalue weighted by Crippen LogP contribution is 2.35. The van der Waals surface area contributed by atoms with Crippen molar-refractivity contribution in [2.24, 2.45) is 0 Å². The van der Waals surface area contributed by atoms with E-state index in [-0.39, 0.29) is 5.91 Å². The Labute approximate surface area is 129 Å². The quantitative estimate of drug-likeness (QED) is 0.876. The molecule has 0 aliphatic carbocycles. The number of rotatable bonds is 3. The lowest BCUT2D eigenvalue weighted by atomic mass is 9.95. The van der Waals surface area contributed by atoms with Crippen molar-refractivity contribution in [1.82, 2.24) is 14.9 Å². The molecule has 7 nitrogen and oxygen atoms in total. The number of fused-ring (bicyclic) bond motifs is 2. The van der Waals surface area contributed by atoms with Crippen LogP contribution in [0.1, 0.15) is 19.3 Å². The highest BCUT2D eigenvalue weighted by molar-refractivity contribution is 5.82. The van der Waals surface area contributed by atoms with Gasteiger partial charge >= 0.3 is 0 Å². The zero-order valence-electron chi connectivity index (χ0n) is 12.7. The number of nitrogens with one attached hydrogen (secondary N) is 1. The van der Waals surface area contributed by atoms with E-state index in [9.17, 15) is 4.79 Å². The fraction of sp³-hybridized carbons (Fsp3) is 0.667. The standard InChI is InChI=1S/C15H21N5O2/c1-19-4-5-20(8-15(19)21)14-7-13(16-9-17-14)18-11-6-10-2-3-12(11)22-10/h7,9-12H,2-6,8H2,1H3,(H,16,17,18)/t10?,11-,12?/m0/s1. The second-order valence-electron chi connectivity index (χ2n) is 6.36. The summed E-state index contributed by atoms with van der Waals surface area (Å²) < 4.78 is 5.86. The van der Waals surface area contributed by atoms with Crippen LogP contribution in [0.5, 0.6) is 0 Å². The molecule has 1 aromatic rings. The summed E-state index contributed by atoms with van der Waals surface area (Å²) in [5, 5.41) is 3.47. The van der Waals surface area contributed by atoms with E-state index < -0.39 is 0 Å². The highest BCUT2D eigenvalue weighted by Gasteiger charge is 2.40. The van der Waals surface area contributed by atoms with Gasteiger partial charge < -0.3 is 19.9 Å². The van der Waals surface area contributed by atoms with E-state index in [1.807, 2.05) is 18.0 Å². The SMILES string of the molecule is CN1CCN(c2cc(N[C@H]3CC4CCC3O4)ncn2)CC1=O. The normalized spacial score (nSPS) is 31.0. The molecule has 2 unspecified atom stereocenters. The highest BCUT2D eigenvalue weighted by atomic mass is 16.5. The molecule has 0 aromatic carbocycles. The van der Waals surface area contributed by atoms with Crippen LogP contribution < -0.4 is 10.2 Å². The van der Waals surface area contributed by atoms with Crippen LogP contribution in [0.3, 0.4) is 0 Å². The largest absolute Gasteiger partial charge is 0.373 e. The van der Waals surface area contributed by atoms with Gasteiger partial charge in [0.25, 0.3) is 0 Å². The van der Waals surface area contributed by atoms with Crippen molar-refractivity contribution in [3.05, 3.63) is 12.4 Å². The minimum absolute atomic E-state index is 0.126. The van der Waals surface area contributed by atoms with Crippen LogP contribution in [0, 0.1) is 0 Å². The van der Waals surface area contributed by atoms with Gasteiger partial charge in [0.2, 0.25) is 5.91 Å². The average molecular weight is 303 g/mol. The summed E-state index contributed by atoms with van der Waals surface area (Å²) in [6.07, 6.45) is 5.66. The molecule has 3 fully saturated rings. The number of amides is 1. The Morgan fingerprint density at radius 2 is 2.23 bits per heavy atom. The summed E-state index contributed by atoms with van der Waals surface area (Å²) >= 11 is 0. The van der Waals surface area contributed by atoms with Crippen molar-refractivity contribution in [2.45, 2.75) is 37.5 Å². The zero-order chi connectivity index (χ0) is 15.1. The molecule has 22 heavy (non-hydrogen) atoms. The summed E-state index contributed by atoms with van der Waals surface area (Å²) in [5.74, 6) is 1.75. The molecule has 2 bridgehead atoms. The molecule has 3 atom stereocenters. The van der Waals surface area contributed by atoms with Gasteiger partial charge in [-0.3, -0.25) is 4.79 Å². The van der Waals surface area contributed by atoms with Crippen LogP contribution in [0.25, 0.3) is 0 Å². The molecule has 1 N–H and O–H groups in total. The maximum atomic E-state index is 11.8. The van der Waals surface area contributed by atoms with Crippen LogP contribution in [-0.2, 0) is 9.53 Å². The molecule has 118 valence electrons. The van der Waals surface area contributed by atoms with E-state index in [4.69, 9.17) is 4.74 Å². The molecule has 1 aromatic heterocycles. The molecule has 0 radical (unpaired) electrons. The van der Waals surface area contributed by atoms with E-state index in [2.05, 4.69) is 15.3 Å². The summed E-state index contributed by atoms with van der Waals surface area (Å²) in [5.41, 5.74) is 0. The summed E-state index contributed by atoms with van der Waals surface area (Å²) in [6.45, 7) is 1.91. The third-order valence-corrected chi connectivity index (χ3v) is 4.87. The number of likely N-dealkylation sites (N-methyl/N-ethyl adjacent to an activating group) is 1. The maximum absolute atomic E-state index is 11.8. The van der Waals surface area contributed by atoms with Gasteiger partial charge in [-0.1, -0.05) is 0 Å². The fourth-order valence-electron chi connectivity index (χ4n) is 3.53. The zero-order valence-corrected chi connectivity index (χ0v) is 12.7. The molecule has 4 heterocycles. The molecule has 0 spiro atoms. The Balaban J connectivity index is 1.45. The van der Waals surface area contributed by atoms with Gasteiger partial charge in [0, 0.05) is 26.2 Å². The molecule has 3 saturated heterocycles. The van der Waals surface area contributed by atoms with Crippen LogP contribution in [0.2, 0.25) is 0 Å². The Kier molecular flexibility index (Phi) is 3.37. The predicted molar refractivity (Wildman–Crippen MR) is 81.8 cm³/mol. The Morgan fingerprint density at radius 1 is 1.32 bits per heavy atom. The average Bonchev–Trinajstić information content (AvgIpc) is 3.13. The lowest BCUT2D eigenvalue weighted by molar-refractivity contribution is -0.129. The number of anilines is 2. The first kappa shape index (κ1) is 13.8. The topological polar surface area (TPSA) is 70.6 Å². The maximum Gasteiger partial charge on any atom is 0.241 e. The third kappa shape index (κ3) is 2.49. The van der Waals surface area contributed by atoms with Crippen LogP contribution in [-0.4, -0.2) is 65.7 Å². The van der Waals surface area contributed by atoms with Crippen LogP contribution in [0.15, 0.2) is 12.4 Å². The first-order valence-corrected chi connectivity index (χ1v) is 7.92. The summed E-state index contributed by atoms with van der Waals surface area (Å²) in [6, 6.07) is 2.28. The van der Waals surface area contributed by atoms with Gasteiger partial charge in [-0.05, 0) is 19.3 Å². The molecule has 0 saturated carbocycles. The van der Waals surface area contributed by atoms with Gasteiger partial charge in [-0.25, -0.2) is 9.97 Å². The Morgan fingerprint density at radius 3 is 2.95 bits per heavy atom. The lowest BCUT2D eigenvalue weighted by Crippen LogP contribution is -2.48. The fourth-order valence-corrected chi connectivity index (χ4v) is 3.53. The summed E-state index contributed by atoms with van der Waals surface area (Å²) in [4.78, 5) is 24.2. The smallest absolute Gasteiger partial charge is 0.241 e. The monoisotopic (exact) mass is 303 g/mol. The van der Waals surface area contributed by atoms with Crippen molar-refractivity contribution < 1.29 is 9.53 Å². The van der Waals surface area contributed by atoms with Gasteiger partial charge in [-0.2, -0.15) is 0 Å². The van der Waals surface area contributed by atoms with E-state index >= 15 is 0 Å². The second-order valence-corrected chi connectivity index (χ2v) is 6.36. The number of piperazine rings is 1. The number of ether oxygens (including phenoxy) is 1. The minimum atomic E-state index is 0.126.